The van der Waals surface area contributed by atoms with E-state index in [9.17, 15) is 4.79 Å². The Kier molecular flexibility index (Phi) is 3.11. The molecule has 0 aliphatic rings. The van der Waals surface area contributed by atoms with Gasteiger partial charge in [-0.2, -0.15) is 0 Å². The quantitative estimate of drug-likeness (QED) is 0.876. The molecule has 1 N–H and O–H groups in total. The zero-order chi connectivity index (χ0) is 9.14. The Morgan fingerprint density at radius 1 is 1.83 bits per heavy atom. The number of carboxylic acid groups (broad SMARTS) is 1. The number of hydrogen-bond donors (Lipinski definition) is 1. The molecule has 66 valence electrons. The highest BCUT2D eigenvalue weighted by Gasteiger charge is 2.06. The summed E-state index contributed by atoms with van der Waals surface area (Å²) < 4.78 is 1.00. The molecule has 1 aromatic heterocycles. The molecule has 0 saturated heterocycles. The minimum absolute atomic E-state index is 0.450. The van der Waals surface area contributed by atoms with Crippen LogP contribution in [0.5, 0.6) is 0 Å². The lowest BCUT2D eigenvalue weighted by molar-refractivity contribution is 0.154. The van der Waals surface area contributed by atoms with E-state index in [2.05, 4.69) is 15.9 Å². The zero-order valence-electron chi connectivity index (χ0n) is 6.45. The summed E-state index contributed by atoms with van der Waals surface area (Å²) in [5.74, 6) is 0. The lowest BCUT2D eigenvalue weighted by atomic mass is 10.4. The molecule has 0 spiro atoms. The molecule has 3 nitrogen and oxygen atoms in total. The second-order valence-corrected chi connectivity index (χ2v) is 4.28. The summed E-state index contributed by atoms with van der Waals surface area (Å²) in [4.78, 5) is 12.7. The molecule has 0 unspecified atom stereocenters. The van der Waals surface area contributed by atoms with Crippen molar-refractivity contribution in [1.29, 1.82) is 0 Å². The van der Waals surface area contributed by atoms with Crippen LogP contribution in [0.1, 0.15) is 4.88 Å². The number of halogens is 1. The van der Waals surface area contributed by atoms with Gasteiger partial charge in [-0.25, -0.2) is 4.79 Å². The first-order valence-electron chi connectivity index (χ1n) is 3.26. The van der Waals surface area contributed by atoms with Crippen molar-refractivity contribution in [3.63, 3.8) is 0 Å². The Labute approximate surface area is 82.7 Å². The van der Waals surface area contributed by atoms with Crippen LogP contribution in [0.2, 0.25) is 0 Å². The van der Waals surface area contributed by atoms with Gasteiger partial charge in [-0.15, -0.1) is 11.3 Å². The fraction of sp³-hybridized carbons (Fsp3) is 0.286. The average molecular weight is 250 g/mol. The molecule has 0 aliphatic carbocycles. The summed E-state index contributed by atoms with van der Waals surface area (Å²) >= 11 is 4.85. The van der Waals surface area contributed by atoms with Crippen LogP contribution in [0.3, 0.4) is 0 Å². The molecule has 12 heavy (non-hydrogen) atoms. The maximum Gasteiger partial charge on any atom is 0.407 e. The number of thiophene rings is 1. The zero-order valence-corrected chi connectivity index (χ0v) is 8.85. The predicted octanol–water partition coefficient (Wildman–Crippen LogP) is 2.62. The third-order valence-electron chi connectivity index (χ3n) is 1.34. The first-order chi connectivity index (χ1) is 5.59. The second kappa shape index (κ2) is 3.91. The summed E-state index contributed by atoms with van der Waals surface area (Å²) in [6.45, 7) is 0.450. The molecule has 0 atom stereocenters. The van der Waals surface area contributed by atoms with Gasteiger partial charge in [-0.05, 0) is 22.0 Å². The Balaban J connectivity index is 2.58. The normalized spacial score (nSPS) is 9.83. The van der Waals surface area contributed by atoms with Gasteiger partial charge < -0.3 is 10.0 Å². The van der Waals surface area contributed by atoms with Crippen molar-refractivity contribution in [3.05, 3.63) is 20.8 Å². The van der Waals surface area contributed by atoms with Crippen LogP contribution in [0.25, 0.3) is 0 Å². The Hall–Kier alpha value is -0.550. The van der Waals surface area contributed by atoms with E-state index in [1.165, 1.54) is 4.90 Å². The Bertz CT molecular complexity index is 287. The van der Waals surface area contributed by atoms with E-state index in [0.717, 1.165) is 9.35 Å². The minimum atomic E-state index is -0.903. The highest BCUT2D eigenvalue weighted by atomic mass is 79.9. The van der Waals surface area contributed by atoms with Gasteiger partial charge in [0.05, 0.1) is 6.54 Å². The summed E-state index contributed by atoms with van der Waals surface area (Å²) in [6, 6.07) is 1.92. The SMILES string of the molecule is CN(Cc1cc(Br)cs1)C(=O)O. The van der Waals surface area contributed by atoms with Crippen molar-refractivity contribution in [2.45, 2.75) is 6.54 Å². The molecule has 1 amide bonds. The average Bonchev–Trinajstić information content (AvgIpc) is 2.35. The van der Waals surface area contributed by atoms with E-state index < -0.39 is 6.09 Å². The van der Waals surface area contributed by atoms with E-state index in [1.54, 1.807) is 18.4 Å². The molecule has 1 aromatic rings. The molecule has 0 aliphatic heterocycles. The highest BCUT2D eigenvalue weighted by molar-refractivity contribution is 9.10. The van der Waals surface area contributed by atoms with Gasteiger partial charge in [0.25, 0.3) is 0 Å². The van der Waals surface area contributed by atoms with E-state index >= 15 is 0 Å². The van der Waals surface area contributed by atoms with Gasteiger partial charge in [0, 0.05) is 21.8 Å². The molecule has 0 radical (unpaired) electrons. The molecule has 5 heteroatoms. The number of rotatable bonds is 2. The first kappa shape index (κ1) is 9.54. The monoisotopic (exact) mass is 249 g/mol. The van der Waals surface area contributed by atoms with Crippen LogP contribution < -0.4 is 0 Å². The summed E-state index contributed by atoms with van der Waals surface area (Å²) in [7, 11) is 1.55. The first-order valence-corrected chi connectivity index (χ1v) is 4.94. The molecular formula is C7H8BrNO2S. The molecule has 1 heterocycles. The standard InChI is InChI=1S/C7H8BrNO2S/c1-9(7(10)11)3-6-2-5(8)4-12-6/h2,4H,3H2,1H3,(H,10,11). The van der Waals surface area contributed by atoms with Gasteiger partial charge in [0.2, 0.25) is 0 Å². The van der Waals surface area contributed by atoms with Gasteiger partial charge in [0.1, 0.15) is 0 Å². The predicted molar refractivity (Wildman–Crippen MR) is 51.5 cm³/mol. The fourth-order valence-electron chi connectivity index (χ4n) is 0.738. The van der Waals surface area contributed by atoms with Crippen molar-refractivity contribution in [2.24, 2.45) is 0 Å². The highest BCUT2D eigenvalue weighted by Crippen LogP contribution is 2.20. The maximum atomic E-state index is 10.4. The molecule has 0 bridgehead atoms. The number of nitrogens with zero attached hydrogens (tertiary/aromatic N) is 1. The van der Waals surface area contributed by atoms with Crippen LogP contribution >= 0.6 is 27.3 Å². The molecule has 0 fully saturated rings. The Morgan fingerprint density at radius 2 is 2.50 bits per heavy atom. The van der Waals surface area contributed by atoms with Gasteiger partial charge in [-0.1, -0.05) is 0 Å². The van der Waals surface area contributed by atoms with E-state index in [0.29, 0.717) is 6.54 Å². The van der Waals surface area contributed by atoms with E-state index in [-0.39, 0.29) is 0 Å². The van der Waals surface area contributed by atoms with Gasteiger partial charge >= 0.3 is 6.09 Å². The van der Waals surface area contributed by atoms with Gasteiger partial charge in [-0.3, -0.25) is 0 Å². The van der Waals surface area contributed by atoms with E-state index in [4.69, 9.17) is 5.11 Å². The largest absolute Gasteiger partial charge is 0.465 e. The van der Waals surface area contributed by atoms with Crippen molar-refractivity contribution in [2.75, 3.05) is 7.05 Å². The van der Waals surface area contributed by atoms with E-state index in [1.807, 2.05) is 11.4 Å². The van der Waals surface area contributed by atoms with Crippen molar-refractivity contribution in [1.82, 2.24) is 4.90 Å². The van der Waals surface area contributed by atoms with Crippen LogP contribution in [0, 0.1) is 0 Å². The number of carbonyl (C=O) groups is 1. The lowest BCUT2D eigenvalue weighted by Gasteiger charge is -2.10. The second-order valence-electron chi connectivity index (χ2n) is 2.37. The number of amides is 1. The molecular weight excluding hydrogens is 242 g/mol. The third-order valence-corrected chi connectivity index (χ3v) is 3.02. The van der Waals surface area contributed by atoms with Crippen LogP contribution in [0.4, 0.5) is 4.79 Å². The van der Waals surface area contributed by atoms with Gasteiger partial charge in [0.15, 0.2) is 0 Å². The summed E-state index contributed by atoms with van der Waals surface area (Å²) in [5.41, 5.74) is 0. The fourth-order valence-corrected chi connectivity index (χ4v) is 2.24. The van der Waals surface area contributed by atoms with Crippen molar-refractivity contribution in [3.8, 4) is 0 Å². The molecule has 1 rings (SSSR count). The Morgan fingerprint density at radius 3 is 2.92 bits per heavy atom. The minimum Gasteiger partial charge on any atom is -0.465 e. The third kappa shape index (κ3) is 2.49. The molecule has 0 saturated carbocycles. The number of hydrogen-bond acceptors (Lipinski definition) is 2. The van der Waals surface area contributed by atoms with Crippen LogP contribution in [-0.4, -0.2) is 23.1 Å². The molecule has 0 aromatic carbocycles. The van der Waals surface area contributed by atoms with Crippen LogP contribution in [-0.2, 0) is 6.54 Å². The summed E-state index contributed by atoms with van der Waals surface area (Å²) in [6.07, 6.45) is -0.903. The summed E-state index contributed by atoms with van der Waals surface area (Å²) in [5, 5.41) is 10.5. The lowest BCUT2D eigenvalue weighted by Crippen LogP contribution is -2.23. The van der Waals surface area contributed by atoms with Crippen LogP contribution in [0.15, 0.2) is 15.9 Å². The smallest absolute Gasteiger partial charge is 0.407 e. The maximum absolute atomic E-state index is 10.4. The topological polar surface area (TPSA) is 40.5 Å². The van der Waals surface area contributed by atoms with Crippen molar-refractivity contribution < 1.29 is 9.90 Å². The van der Waals surface area contributed by atoms with Crippen molar-refractivity contribution >= 4 is 33.4 Å².